The Morgan fingerprint density at radius 3 is 2.79 bits per heavy atom. The molecule has 1 amide bonds. The number of aromatic nitrogens is 2. The van der Waals surface area contributed by atoms with E-state index in [1.54, 1.807) is 24.3 Å². The maximum atomic E-state index is 13.3. The van der Waals surface area contributed by atoms with Crippen LogP contribution in [-0.2, 0) is 37.1 Å². The van der Waals surface area contributed by atoms with Gasteiger partial charge in [0.25, 0.3) is 0 Å². The molecule has 1 aromatic carbocycles. The minimum atomic E-state index is -4.12. The van der Waals surface area contributed by atoms with Gasteiger partial charge >= 0.3 is 25.6 Å². The Bertz CT molecular complexity index is 1400. The van der Waals surface area contributed by atoms with Crippen LogP contribution in [0.2, 0.25) is 5.02 Å². The third-order valence-electron chi connectivity index (χ3n) is 6.81. The number of ether oxygens (including phenoxy) is 3. The third-order valence-corrected chi connectivity index (χ3v) is 8.52. The van der Waals surface area contributed by atoms with Gasteiger partial charge in [-0.05, 0) is 37.1 Å². The Hall–Kier alpha value is -2.84. The van der Waals surface area contributed by atoms with Gasteiger partial charge in [0.1, 0.15) is 17.5 Å². The van der Waals surface area contributed by atoms with E-state index in [1.165, 1.54) is 19.2 Å². The van der Waals surface area contributed by atoms with Crippen molar-refractivity contribution in [3.8, 4) is 0 Å². The van der Waals surface area contributed by atoms with Crippen molar-refractivity contribution in [3.05, 3.63) is 57.6 Å². The molecule has 2 aliphatic heterocycles. The first-order valence-corrected chi connectivity index (χ1v) is 15.7. The Morgan fingerprint density at radius 2 is 2.09 bits per heavy atom. The van der Waals surface area contributed by atoms with Crippen molar-refractivity contribution in [2.75, 3.05) is 25.1 Å². The SMILES string of the molecule is CCCCCOC(=O)Nc1ccn([C@@H]2O[C@H](COP3(=O)OCC[C@@H](c4cccc(Cl)c4)O3)[C@@H](OC(C)=O)[C@@]2(C)O)c(=O)n1. The highest BCUT2D eigenvalue weighted by Crippen LogP contribution is 2.57. The van der Waals surface area contributed by atoms with Crippen LogP contribution >= 0.6 is 19.4 Å². The molecule has 0 saturated carbocycles. The number of benzene rings is 1. The molecule has 0 aliphatic carbocycles. The number of aliphatic hydroxyl groups is 1. The number of hydrogen-bond acceptors (Lipinski definition) is 12. The number of phosphoric acid groups is 1. The fourth-order valence-corrected chi connectivity index (χ4v) is 6.33. The topological polar surface area (TPSA) is 174 Å². The molecular weight excluding hydrogens is 609 g/mol. The number of carbonyl (C=O) groups is 2. The van der Waals surface area contributed by atoms with Crippen molar-refractivity contribution in [2.45, 2.75) is 76.6 Å². The van der Waals surface area contributed by atoms with E-state index in [1.807, 2.05) is 6.92 Å². The predicted octanol–water partition coefficient (Wildman–Crippen LogP) is 4.52. The zero-order valence-electron chi connectivity index (χ0n) is 24.0. The molecule has 2 aromatic rings. The molecule has 1 aromatic heterocycles. The Kier molecular flexibility index (Phi) is 11.0. The quantitative estimate of drug-likeness (QED) is 0.199. The molecule has 43 heavy (non-hydrogen) atoms. The number of esters is 1. The van der Waals surface area contributed by atoms with Crippen LogP contribution in [0.5, 0.6) is 0 Å². The summed E-state index contributed by atoms with van der Waals surface area (Å²) in [4.78, 5) is 40.7. The second-order valence-electron chi connectivity index (χ2n) is 10.3. The maximum Gasteiger partial charge on any atom is 0.475 e. The lowest BCUT2D eigenvalue weighted by molar-refractivity contribution is -0.161. The zero-order chi connectivity index (χ0) is 31.2. The first kappa shape index (κ1) is 33.1. The van der Waals surface area contributed by atoms with Gasteiger partial charge in [-0.25, -0.2) is 14.2 Å². The predicted molar refractivity (Wildman–Crippen MR) is 152 cm³/mol. The van der Waals surface area contributed by atoms with Crippen molar-refractivity contribution in [3.63, 3.8) is 0 Å². The molecule has 2 saturated heterocycles. The van der Waals surface area contributed by atoms with E-state index >= 15 is 0 Å². The summed E-state index contributed by atoms with van der Waals surface area (Å²) in [6.45, 7) is 4.27. The molecule has 4 rings (SSSR count). The van der Waals surface area contributed by atoms with Gasteiger partial charge in [0.2, 0.25) is 0 Å². The Morgan fingerprint density at radius 1 is 1.30 bits per heavy atom. The molecular formula is C27H35ClN3O11P. The van der Waals surface area contributed by atoms with Crippen LogP contribution < -0.4 is 11.0 Å². The number of nitrogens with zero attached hydrogens (tertiary/aromatic N) is 2. The van der Waals surface area contributed by atoms with E-state index in [0.717, 1.165) is 24.3 Å². The van der Waals surface area contributed by atoms with Crippen LogP contribution in [0.4, 0.5) is 10.6 Å². The van der Waals surface area contributed by atoms with E-state index in [9.17, 15) is 24.1 Å². The van der Waals surface area contributed by atoms with Crippen molar-refractivity contribution < 1.29 is 47.0 Å². The van der Waals surface area contributed by atoms with Gasteiger partial charge in [-0.2, -0.15) is 4.98 Å². The van der Waals surface area contributed by atoms with E-state index < -0.39 is 62.3 Å². The summed E-state index contributed by atoms with van der Waals surface area (Å²) >= 11 is 6.08. The normalized spacial score (nSPS) is 28.8. The molecule has 3 heterocycles. The van der Waals surface area contributed by atoms with Crippen LogP contribution in [0.15, 0.2) is 41.3 Å². The molecule has 0 spiro atoms. The highest BCUT2D eigenvalue weighted by molar-refractivity contribution is 7.48. The second-order valence-corrected chi connectivity index (χ2v) is 12.3. The lowest BCUT2D eigenvalue weighted by Crippen LogP contribution is -2.48. The molecule has 16 heteroatoms. The number of amides is 1. The van der Waals surface area contributed by atoms with Crippen molar-refractivity contribution >= 4 is 37.3 Å². The Labute approximate surface area is 253 Å². The van der Waals surface area contributed by atoms with Crippen LogP contribution in [0.25, 0.3) is 0 Å². The van der Waals surface area contributed by atoms with E-state index in [-0.39, 0.29) is 19.0 Å². The van der Waals surface area contributed by atoms with Gasteiger partial charge in [-0.3, -0.25) is 28.2 Å². The highest BCUT2D eigenvalue weighted by Gasteiger charge is 2.57. The lowest BCUT2D eigenvalue weighted by Gasteiger charge is -2.31. The summed E-state index contributed by atoms with van der Waals surface area (Å²) in [5.74, 6) is -0.811. The molecule has 2 fully saturated rings. The number of unbranched alkanes of at least 4 members (excludes halogenated alkanes) is 2. The van der Waals surface area contributed by atoms with Gasteiger partial charge in [-0.15, -0.1) is 0 Å². The van der Waals surface area contributed by atoms with Gasteiger partial charge < -0.3 is 19.3 Å². The number of nitrogens with one attached hydrogen (secondary N) is 1. The summed E-state index contributed by atoms with van der Waals surface area (Å²) < 4.78 is 47.2. The van der Waals surface area contributed by atoms with Crippen LogP contribution in [0.3, 0.4) is 0 Å². The first-order chi connectivity index (χ1) is 20.4. The second kappa shape index (κ2) is 14.3. The van der Waals surface area contributed by atoms with Crippen molar-refractivity contribution in [2.24, 2.45) is 0 Å². The molecule has 2 N–H and O–H groups in total. The molecule has 6 atom stereocenters. The largest absolute Gasteiger partial charge is 0.475 e. The fraction of sp³-hybridized carbons (Fsp3) is 0.556. The van der Waals surface area contributed by atoms with Gasteiger partial charge in [0.05, 0.1) is 25.9 Å². The van der Waals surface area contributed by atoms with Crippen molar-refractivity contribution in [1.82, 2.24) is 9.55 Å². The molecule has 0 bridgehead atoms. The Balaban J connectivity index is 1.46. The summed E-state index contributed by atoms with van der Waals surface area (Å²) in [7, 11) is -4.12. The van der Waals surface area contributed by atoms with Crippen LogP contribution in [-0.4, -0.2) is 64.3 Å². The van der Waals surface area contributed by atoms with Crippen molar-refractivity contribution in [1.29, 1.82) is 0 Å². The zero-order valence-corrected chi connectivity index (χ0v) is 25.6. The number of anilines is 1. The average Bonchev–Trinajstić information content (AvgIpc) is 3.19. The minimum absolute atomic E-state index is 0.0709. The van der Waals surface area contributed by atoms with Gasteiger partial charge in [0.15, 0.2) is 12.3 Å². The highest BCUT2D eigenvalue weighted by atomic mass is 35.5. The van der Waals surface area contributed by atoms with E-state index in [0.29, 0.717) is 23.4 Å². The number of halogens is 1. The standard InChI is InChI=1S/C27H35ClN3O11P/c1-4-5-6-13-37-26(34)30-22-10-12-31(25(33)29-22)24-27(3,35)23(40-17(2)32)21(41-24)16-39-43(36)38-14-11-20(42-43)18-8-7-9-19(28)15-18/h7-10,12,15,20-21,23-24,35H,4-6,11,13-14,16H2,1-3H3,(H,29,30,33,34)/t20-,21+,23+,24+,27+,43?/m0/s1. The minimum Gasteiger partial charge on any atom is -0.456 e. The number of rotatable bonds is 11. The monoisotopic (exact) mass is 643 g/mol. The summed E-state index contributed by atoms with van der Waals surface area (Å²) in [5, 5.41) is 14.3. The molecule has 0 radical (unpaired) electrons. The van der Waals surface area contributed by atoms with Crippen LogP contribution in [0.1, 0.15) is 64.3 Å². The van der Waals surface area contributed by atoms with Crippen LogP contribution in [0, 0.1) is 0 Å². The smallest absolute Gasteiger partial charge is 0.456 e. The molecule has 236 valence electrons. The third kappa shape index (κ3) is 8.42. The average molecular weight is 644 g/mol. The van der Waals surface area contributed by atoms with E-state index in [4.69, 9.17) is 39.4 Å². The van der Waals surface area contributed by atoms with E-state index in [2.05, 4.69) is 10.3 Å². The number of carbonyl (C=O) groups excluding carboxylic acids is 2. The summed E-state index contributed by atoms with van der Waals surface area (Å²) in [5.41, 5.74) is -2.16. The molecule has 14 nitrogen and oxygen atoms in total. The molecule has 1 unspecified atom stereocenters. The lowest BCUT2D eigenvalue weighted by atomic mass is 9.96. The van der Waals surface area contributed by atoms with Gasteiger partial charge in [0, 0.05) is 24.6 Å². The first-order valence-electron chi connectivity index (χ1n) is 13.8. The maximum absolute atomic E-state index is 13.3. The van der Waals surface area contributed by atoms with Gasteiger partial charge in [-0.1, -0.05) is 43.5 Å². The molecule has 2 aliphatic rings. The number of phosphoric ester groups is 1. The fourth-order valence-electron chi connectivity index (χ4n) is 4.74. The number of hydrogen-bond donors (Lipinski definition) is 2. The summed E-state index contributed by atoms with van der Waals surface area (Å²) in [6, 6.07) is 8.21. The summed E-state index contributed by atoms with van der Waals surface area (Å²) in [6.07, 6.45) is -1.11.